The Hall–Kier alpha value is -0.120. The van der Waals surface area contributed by atoms with Gasteiger partial charge in [-0.3, -0.25) is 0 Å². The highest BCUT2D eigenvalue weighted by molar-refractivity contribution is 4.64. The highest BCUT2D eigenvalue weighted by Crippen LogP contribution is 2.19. The van der Waals surface area contributed by atoms with Crippen molar-refractivity contribution in [3.05, 3.63) is 6.92 Å². The van der Waals surface area contributed by atoms with Crippen LogP contribution in [0.2, 0.25) is 0 Å². The minimum atomic E-state index is 0.485. The molecule has 1 aliphatic carbocycles. The fraction of sp³-hybridized carbons (Fsp3) is 0.917. The Morgan fingerprint density at radius 2 is 1.53 bits per heavy atom. The Bertz CT molecular complexity index is 133. The first-order chi connectivity index (χ1) is 7.43. The molecule has 0 aromatic rings. The molecule has 1 aliphatic rings. The summed E-state index contributed by atoms with van der Waals surface area (Å²) in [5.41, 5.74) is 0. The largest absolute Gasteiger partial charge is 0.379 e. The number of hydrogen-bond donors (Lipinski definition) is 0. The van der Waals surface area contributed by atoms with Crippen molar-refractivity contribution in [1.29, 1.82) is 0 Å². The molecule has 0 bridgehead atoms. The predicted octanol–water partition coefficient (Wildman–Crippen LogP) is 2.20. The van der Waals surface area contributed by atoms with Crippen LogP contribution in [0.3, 0.4) is 0 Å². The molecule has 0 saturated heterocycles. The number of ether oxygens (including phenoxy) is 3. The molecule has 0 aliphatic heterocycles. The Labute approximate surface area is 93.1 Å². The van der Waals surface area contributed by atoms with Gasteiger partial charge in [0.2, 0.25) is 0 Å². The van der Waals surface area contributed by atoms with Crippen LogP contribution >= 0.6 is 0 Å². The smallest absolute Gasteiger partial charge is 0.0704 e. The first kappa shape index (κ1) is 12.9. The van der Waals surface area contributed by atoms with Crippen LogP contribution in [0.5, 0.6) is 0 Å². The Morgan fingerprint density at radius 1 is 0.867 bits per heavy atom. The maximum Gasteiger partial charge on any atom is 0.0704 e. The molecule has 1 fully saturated rings. The summed E-state index contributed by atoms with van der Waals surface area (Å²) in [5.74, 6) is 0. The topological polar surface area (TPSA) is 27.7 Å². The van der Waals surface area contributed by atoms with Gasteiger partial charge in [-0.15, -0.1) is 0 Å². The van der Waals surface area contributed by atoms with Gasteiger partial charge in [-0.25, -0.2) is 0 Å². The van der Waals surface area contributed by atoms with Gasteiger partial charge < -0.3 is 14.2 Å². The van der Waals surface area contributed by atoms with Gasteiger partial charge in [0.15, 0.2) is 0 Å². The maximum absolute atomic E-state index is 5.71. The van der Waals surface area contributed by atoms with Crippen LogP contribution in [0, 0.1) is 6.92 Å². The van der Waals surface area contributed by atoms with Crippen molar-refractivity contribution in [2.75, 3.05) is 33.0 Å². The van der Waals surface area contributed by atoms with Crippen molar-refractivity contribution >= 4 is 0 Å². The second-order valence-corrected chi connectivity index (χ2v) is 3.86. The van der Waals surface area contributed by atoms with Gasteiger partial charge in [-0.05, 0) is 19.8 Å². The van der Waals surface area contributed by atoms with E-state index >= 15 is 0 Å². The highest BCUT2D eigenvalue weighted by Gasteiger charge is 2.12. The molecule has 0 amide bonds. The zero-order valence-corrected chi connectivity index (χ0v) is 9.58. The molecule has 1 radical (unpaired) electrons. The van der Waals surface area contributed by atoms with Crippen LogP contribution in [-0.2, 0) is 14.2 Å². The van der Waals surface area contributed by atoms with Crippen molar-refractivity contribution in [2.24, 2.45) is 0 Å². The SMILES string of the molecule is [CH2]COCCOCCOC1CCCCC1. The molecule has 0 aromatic carbocycles. The second-order valence-electron chi connectivity index (χ2n) is 3.86. The van der Waals surface area contributed by atoms with Gasteiger partial charge in [-0.2, -0.15) is 0 Å². The van der Waals surface area contributed by atoms with Crippen LogP contribution in [-0.4, -0.2) is 39.1 Å². The summed E-state index contributed by atoms with van der Waals surface area (Å²) in [5, 5.41) is 0. The predicted molar refractivity (Wildman–Crippen MR) is 59.8 cm³/mol. The minimum Gasteiger partial charge on any atom is -0.379 e. The van der Waals surface area contributed by atoms with Crippen LogP contribution in [0.15, 0.2) is 0 Å². The van der Waals surface area contributed by atoms with Crippen molar-refractivity contribution in [2.45, 2.75) is 38.2 Å². The van der Waals surface area contributed by atoms with Crippen LogP contribution in [0.1, 0.15) is 32.1 Å². The fourth-order valence-corrected chi connectivity index (χ4v) is 1.83. The van der Waals surface area contributed by atoms with Gasteiger partial charge in [0.1, 0.15) is 0 Å². The van der Waals surface area contributed by atoms with Gasteiger partial charge in [0.05, 0.1) is 32.5 Å². The standard InChI is InChI=1S/C12H23O3/c1-2-13-8-9-14-10-11-15-12-6-4-3-5-7-12/h12H,1-11H2. The molecule has 89 valence electrons. The lowest BCUT2D eigenvalue weighted by Crippen LogP contribution is -2.19. The van der Waals surface area contributed by atoms with E-state index < -0.39 is 0 Å². The van der Waals surface area contributed by atoms with E-state index in [0.29, 0.717) is 32.5 Å². The van der Waals surface area contributed by atoms with E-state index in [1.165, 1.54) is 32.1 Å². The third-order valence-corrected chi connectivity index (χ3v) is 2.65. The molecular formula is C12H23O3. The zero-order chi connectivity index (χ0) is 10.8. The van der Waals surface area contributed by atoms with Crippen LogP contribution in [0.25, 0.3) is 0 Å². The lowest BCUT2D eigenvalue weighted by atomic mass is 9.98. The summed E-state index contributed by atoms with van der Waals surface area (Å²) in [6, 6.07) is 0. The Kier molecular flexibility index (Phi) is 7.88. The quantitative estimate of drug-likeness (QED) is 0.581. The van der Waals surface area contributed by atoms with Gasteiger partial charge in [0.25, 0.3) is 0 Å². The van der Waals surface area contributed by atoms with E-state index in [0.717, 1.165) is 6.61 Å². The van der Waals surface area contributed by atoms with Crippen molar-refractivity contribution < 1.29 is 14.2 Å². The van der Waals surface area contributed by atoms with Gasteiger partial charge in [-0.1, -0.05) is 19.3 Å². The summed E-state index contributed by atoms with van der Waals surface area (Å²) < 4.78 is 16.1. The van der Waals surface area contributed by atoms with E-state index in [2.05, 4.69) is 6.92 Å². The lowest BCUT2D eigenvalue weighted by molar-refractivity contribution is -0.0202. The molecule has 0 atom stereocenters. The third kappa shape index (κ3) is 6.88. The first-order valence-corrected chi connectivity index (χ1v) is 6.00. The molecule has 15 heavy (non-hydrogen) atoms. The van der Waals surface area contributed by atoms with E-state index in [1.54, 1.807) is 0 Å². The second kappa shape index (κ2) is 9.13. The Balaban J connectivity index is 1.79. The van der Waals surface area contributed by atoms with E-state index in [9.17, 15) is 0 Å². The van der Waals surface area contributed by atoms with E-state index in [-0.39, 0.29) is 0 Å². The van der Waals surface area contributed by atoms with Crippen molar-refractivity contribution in [1.82, 2.24) is 0 Å². The van der Waals surface area contributed by atoms with Crippen molar-refractivity contribution in [3.8, 4) is 0 Å². The van der Waals surface area contributed by atoms with Crippen LogP contribution in [0.4, 0.5) is 0 Å². The molecule has 0 N–H and O–H groups in total. The summed E-state index contributed by atoms with van der Waals surface area (Å²) >= 11 is 0. The van der Waals surface area contributed by atoms with Gasteiger partial charge in [0, 0.05) is 6.61 Å². The molecule has 0 heterocycles. The molecule has 1 rings (SSSR count). The minimum absolute atomic E-state index is 0.485. The average Bonchev–Trinajstić information content (AvgIpc) is 2.29. The average molecular weight is 215 g/mol. The molecule has 1 saturated carbocycles. The van der Waals surface area contributed by atoms with E-state index in [1.807, 2.05) is 0 Å². The molecule has 0 unspecified atom stereocenters. The zero-order valence-electron chi connectivity index (χ0n) is 9.58. The van der Waals surface area contributed by atoms with Crippen molar-refractivity contribution in [3.63, 3.8) is 0 Å². The summed E-state index contributed by atoms with van der Waals surface area (Å²) in [4.78, 5) is 0. The monoisotopic (exact) mass is 215 g/mol. The Morgan fingerprint density at radius 3 is 2.27 bits per heavy atom. The maximum atomic E-state index is 5.71. The summed E-state index contributed by atoms with van der Waals surface area (Å²) in [6.07, 6.45) is 6.96. The molecule has 0 spiro atoms. The summed E-state index contributed by atoms with van der Waals surface area (Å²) in [6.45, 7) is 6.76. The third-order valence-electron chi connectivity index (χ3n) is 2.65. The molecule has 3 nitrogen and oxygen atoms in total. The summed E-state index contributed by atoms with van der Waals surface area (Å²) in [7, 11) is 0. The fourth-order valence-electron chi connectivity index (χ4n) is 1.83. The first-order valence-electron chi connectivity index (χ1n) is 6.00. The highest BCUT2D eigenvalue weighted by atomic mass is 16.5. The normalized spacial score (nSPS) is 18.2. The lowest BCUT2D eigenvalue weighted by Gasteiger charge is -2.21. The van der Waals surface area contributed by atoms with E-state index in [4.69, 9.17) is 14.2 Å². The molecule has 0 aromatic heterocycles. The number of rotatable bonds is 8. The number of hydrogen-bond acceptors (Lipinski definition) is 3. The van der Waals surface area contributed by atoms with Gasteiger partial charge >= 0.3 is 0 Å². The van der Waals surface area contributed by atoms with Crippen LogP contribution < -0.4 is 0 Å². The molecule has 3 heteroatoms. The molecular weight excluding hydrogens is 192 g/mol.